The van der Waals surface area contributed by atoms with E-state index in [4.69, 9.17) is 10.5 Å². The van der Waals surface area contributed by atoms with Gasteiger partial charge in [0.25, 0.3) is 0 Å². The maximum absolute atomic E-state index is 9.50. The van der Waals surface area contributed by atoms with Crippen molar-refractivity contribution in [2.75, 3.05) is 13.2 Å². The molecule has 0 unspecified atom stereocenters. The Labute approximate surface area is 153 Å². The maximum Gasteiger partial charge on any atom is 0.119 e. The fourth-order valence-electron chi connectivity index (χ4n) is 3.56. The number of hydrogen-bond acceptors (Lipinski definition) is 3. The first kappa shape index (κ1) is 20.0. The first-order valence-electron chi connectivity index (χ1n) is 9.89. The second-order valence-electron chi connectivity index (χ2n) is 7.75. The first-order valence-corrected chi connectivity index (χ1v) is 9.89. The molecule has 2 rings (SSSR count). The van der Waals surface area contributed by atoms with Gasteiger partial charge in [0.2, 0.25) is 0 Å². The fourth-order valence-corrected chi connectivity index (χ4v) is 3.56. The lowest BCUT2D eigenvalue weighted by atomic mass is 9.82. The van der Waals surface area contributed by atoms with Crippen LogP contribution in [0, 0.1) is 0 Å². The molecular weight excluding hydrogens is 310 g/mol. The summed E-state index contributed by atoms with van der Waals surface area (Å²) in [7, 11) is 0. The lowest BCUT2D eigenvalue weighted by Crippen LogP contribution is -2.41. The fraction of sp³-hybridized carbons (Fsp3) is 0.636. The minimum atomic E-state index is -0.528. The molecule has 1 aliphatic carbocycles. The topological polar surface area (TPSA) is 55.5 Å². The number of fused-ring (bicyclic) bond motifs is 1. The third kappa shape index (κ3) is 6.48. The van der Waals surface area contributed by atoms with Crippen LogP contribution in [-0.4, -0.2) is 23.9 Å². The highest BCUT2D eigenvalue weighted by Gasteiger charge is 2.26. The number of benzene rings is 1. The molecule has 1 aliphatic rings. The van der Waals surface area contributed by atoms with E-state index in [1.165, 1.54) is 36.8 Å². The second-order valence-corrected chi connectivity index (χ2v) is 7.75. The second kappa shape index (κ2) is 9.98. The molecule has 0 saturated carbocycles. The molecule has 0 amide bonds. The van der Waals surface area contributed by atoms with Crippen LogP contribution in [0.25, 0.3) is 6.08 Å². The normalized spacial score (nSPS) is 19.1. The van der Waals surface area contributed by atoms with E-state index in [9.17, 15) is 5.11 Å². The summed E-state index contributed by atoms with van der Waals surface area (Å²) >= 11 is 0. The van der Waals surface area contributed by atoms with Crippen molar-refractivity contribution in [3.63, 3.8) is 0 Å². The smallest absolute Gasteiger partial charge is 0.119 e. The summed E-state index contributed by atoms with van der Waals surface area (Å²) in [6, 6.07) is 6.43. The SMILES string of the molecule is CCCCCCCOc1ccc2c(c1)C=CCC[C@@H]2C[C@](C)(N)CO. The van der Waals surface area contributed by atoms with Crippen molar-refractivity contribution in [1.82, 2.24) is 0 Å². The molecule has 3 nitrogen and oxygen atoms in total. The first-order chi connectivity index (χ1) is 12.1. The van der Waals surface area contributed by atoms with E-state index < -0.39 is 5.54 Å². The molecule has 25 heavy (non-hydrogen) atoms. The van der Waals surface area contributed by atoms with E-state index in [1.807, 2.05) is 6.92 Å². The molecule has 1 aromatic carbocycles. The van der Waals surface area contributed by atoms with E-state index in [-0.39, 0.29) is 6.61 Å². The van der Waals surface area contributed by atoms with Crippen molar-refractivity contribution in [3.8, 4) is 5.75 Å². The lowest BCUT2D eigenvalue weighted by molar-refractivity contribution is 0.191. The zero-order chi connectivity index (χ0) is 18.1. The molecule has 0 fully saturated rings. The van der Waals surface area contributed by atoms with Crippen molar-refractivity contribution in [2.24, 2.45) is 5.73 Å². The van der Waals surface area contributed by atoms with E-state index in [2.05, 4.69) is 37.3 Å². The highest BCUT2D eigenvalue weighted by Crippen LogP contribution is 2.36. The zero-order valence-electron chi connectivity index (χ0n) is 16.0. The van der Waals surface area contributed by atoms with Crippen molar-refractivity contribution in [3.05, 3.63) is 35.4 Å². The molecule has 3 heteroatoms. The van der Waals surface area contributed by atoms with Gasteiger partial charge in [-0.25, -0.2) is 0 Å². The van der Waals surface area contributed by atoms with Gasteiger partial charge >= 0.3 is 0 Å². The van der Waals surface area contributed by atoms with Gasteiger partial charge in [-0.1, -0.05) is 50.8 Å². The molecule has 0 heterocycles. The Bertz CT molecular complexity index is 551. The van der Waals surface area contributed by atoms with Crippen LogP contribution in [0.5, 0.6) is 5.75 Å². The average Bonchev–Trinajstić information content (AvgIpc) is 2.79. The number of rotatable bonds is 10. The summed E-state index contributed by atoms with van der Waals surface area (Å²) in [5.41, 5.74) is 8.24. The highest BCUT2D eigenvalue weighted by atomic mass is 16.5. The summed E-state index contributed by atoms with van der Waals surface area (Å²) < 4.78 is 5.95. The summed E-state index contributed by atoms with van der Waals surface area (Å²) in [5, 5.41) is 9.50. The Hall–Kier alpha value is -1.32. The summed E-state index contributed by atoms with van der Waals surface area (Å²) in [6.45, 7) is 4.98. The molecular formula is C22H35NO2. The van der Waals surface area contributed by atoms with Gasteiger partial charge < -0.3 is 15.6 Å². The Morgan fingerprint density at radius 3 is 2.80 bits per heavy atom. The van der Waals surface area contributed by atoms with Gasteiger partial charge in [0.15, 0.2) is 0 Å². The van der Waals surface area contributed by atoms with E-state index in [0.29, 0.717) is 5.92 Å². The Morgan fingerprint density at radius 2 is 2.04 bits per heavy atom. The molecule has 3 N–H and O–H groups in total. The standard InChI is InChI=1S/C22H35NO2/c1-3-4-5-6-9-14-25-20-12-13-21-18(15-20)10-7-8-11-19(21)16-22(2,23)17-24/h7,10,12-13,15,19,24H,3-6,8-9,11,14,16-17,23H2,1-2H3/t19-,22+/m1/s1. The Balaban J connectivity index is 1.98. The molecule has 0 spiro atoms. The van der Waals surface area contributed by atoms with Crippen molar-refractivity contribution in [2.45, 2.75) is 76.7 Å². The van der Waals surface area contributed by atoms with Crippen LogP contribution in [0.15, 0.2) is 24.3 Å². The van der Waals surface area contributed by atoms with Crippen LogP contribution in [-0.2, 0) is 0 Å². The minimum absolute atomic E-state index is 0.0193. The van der Waals surface area contributed by atoms with Gasteiger partial charge in [0, 0.05) is 5.54 Å². The van der Waals surface area contributed by atoms with Crippen LogP contribution in [0.1, 0.15) is 82.3 Å². The quantitative estimate of drug-likeness (QED) is 0.585. The molecule has 1 aromatic rings. The van der Waals surface area contributed by atoms with Crippen LogP contribution >= 0.6 is 0 Å². The minimum Gasteiger partial charge on any atom is -0.494 e. The third-order valence-corrected chi connectivity index (χ3v) is 5.07. The van der Waals surface area contributed by atoms with Gasteiger partial charge in [-0.3, -0.25) is 0 Å². The lowest BCUT2D eigenvalue weighted by Gasteiger charge is -2.28. The van der Waals surface area contributed by atoms with Crippen molar-refractivity contribution >= 4 is 6.08 Å². The number of hydrogen-bond donors (Lipinski definition) is 2. The molecule has 0 bridgehead atoms. The number of aliphatic hydroxyl groups excluding tert-OH is 1. The third-order valence-electron chi connectivity index (χ3n) is 5.07. The zero-order valence-corrected chi connectivity index (χ0v) is 16.0. The van der Waals surface area contributed by atoms with Crippen molar-refractivity contribution in [1.29, 1.82) is 0 Å². The van der Waals surface area contributed by atoms with E-state index in [0.717, 1.165) is 38.0 Å². The molecule has 0 aliphatic heterocycles. The van der Waals surface area contributed by atoms with Gasteiger partial charge in [0.1, 0.15) is 5.75 Å². The molecule has 140 valence electrons. The molecule has 2 atom stereocenters. The number of unbranched alkanes of at least 4 members (excludes halogenated alkanes) is 4. The summed E-state index contributed by atoms with van der Waals surface area (Å²) in [4.78, 5) is 0. The van der Waals surface area contributed by atoms with Crippen LogP contribution in [0.4, 0.5) is 0 Å². The highest BCUT2D eigenvalue weighted by molar-refractivity contribution is 5.58. The van der Waals surface area contributed by atoms with Crippen LogP contribution < -0.4 is 10.5 Å². The summed E-state index contributed by atoms with van der Waals surface area (Å²) in [6.07, 6.45) is 13.6. The van der Waals surface area contributed by atoms with Crippen molar-refractivity contribution < 1.29 is 9.84 Å². The van der Waals surface area contributed by atoms with Crippen LogP contribution in [0.2, 0.25) is 0 Å². The molecule has 0 aromatic heterocycles. The van der Waals surface area contributed by atoms with E-state index >= 15 is 0 Å². The molecule has 0 saturated heterocycles. The number of ether oxygens (including phenoxy) is 1. The molecule has 0 radical (unpaired) electrons. The largest absolute Gasteiger partial charge is 0.494 e. The number of allylic oxidation sites excluding steroid dienone is 1. The Kier molecular flexibility index (Phi) is 7.98. The Morgan fingerprint density at radius 1 is 1.24 bits per heavy atom. The van der Waals surface area contributed by atoms with Gasteiger partial charge in [-0.05, 0) is 61.8 Å². The number of nitrogens with two attached hydrogens (primary N) is 1. The summed E-state index contributed by atoms with van der Waals surface area (Å²) in [5.74, 6) is 1.34. The monoisotopic (exact) mass is 345 g/mol. The van der Waals surface area contributed by atoms with Gasteiger partial charge in [-0.2, -0.15) is 0 Å². The number of aliphatic hydroxyl groups is 1. The van der Waals surface area contributed by atoms with Crippen LogP contribution in [0.3, 0.4) is 0 Å². The van der Waals surface area contributed by atoms with Gasteiger partial charge in [0.05, 0.1) is 13.2 Å². The maximum atomic E-state index is 9.50. The van der Waals surface area contributed by atoms with E-state index in [1.54, 1.807) is 0 Å². The average molecular weight is 346 g/mol. The van der Waals surface area contributed by atoms with Gasteiger partial charge in [-0.15, -0.1) is 0 Å². The predicted molar refractivity (Wildman–Crippen MR) is 106 cm³/mol. The predicted octanol–water partition coefficient (Wildman–Crippen LogP) is 5.03.